The number of carbonyl (C=O) groups excluding carboxylic acids is 1. The lowest BCUT2D eigenvalue weighted by molar-refractivity contribution is -0.123. The molecule has 148 valence electrons. The van der Waals surface area contributed by atoms with E-state index in [4.69, 9.17) is 8.83 Å². The fourth-order valence-corrected chi connectivity index (χ4v) is 2.98. The Balaban J connectivity index is 1.72. The van der Waals surface area contributed by atoms with Crippen LogP contribution in [-0.4, -0.2) is 15.7 Å². The highest BCUT2D eigenvalue weighted by atomic mass is 16.4. The minimum absolute atomic E-state index is 0.0486. The normalized spacial score (nSPS) is 12.5. The molecule has 0 aliphatic heterocycles. The monoisotopic (exact) mass is 383 g/mol. The van der Waals surface area contributed by atoms with Crippen molar-refractivity contribution in [3.63, 3.8) is 0 Å². The molecule has 1 amide bonds. The van der Waals surface area contributed by atoms with Crippen LogP contribution in [0.15, 0.2) is 56.3 Å². The molecule has 7 nitrogen and oxygen atoms in total. The van der Waals surface area contributed by atoms with Gasteiger partial charge in [-0.25, -0.2) is 4.79 Å². The average molecular weight is 383 g/mol. The fourth-order valence-electron chi connectivity index (χ4n) is 2.98. The predicted octanol–water partition coefficient (Wildman–Crippen LogP) is 3.73. The third-order valence-electron chi connectivity index (χ3n) is 4.58. The molecule has 1 aromatic carbocycles. The van der Waals surface area contributed by atoms with Crippen molar-refractivity contribution in [3.8, 4) is 11.7 Å². The van der Waals surface area contributed by atoms with Crippen LogP contribution in [0, 0.1) is 5.92 Å². The number of benzene rings is 1. The molecule has 3 rings (SSSR count). The standard InChI is InChI=1S/C21H25N3O4/c1-13(2)15-7-9-16(10-8-15)19(14(3)4)22-18(25)12-24-21(26)28-20(23-24)17-6-5-11-27-17/h5-11,13-14,19H,12H2,1-4H3,(H,22,25). The number of nitrogens with zero attached hydrogens (tertiary/aromatic N) is 2. The first kappa shape index (κ1) is 19.7. The Bertz CT molecular complexity index is 966. The number of hydrogen-bond donors (Lipinski definition) is 1. The first-order valence-corrected chi connectivity index (χ1v) is 9.36. The Labute approximate surface area is 163 Å². The highest BCUT2D eigenvalue weighted by Crippen LogP contribution is 2.24. The smallest absolute Gasteiger partial charge is 0.437 e. The first-order valence-electron chi connectivity index (χ1n) is 9.36. The zero-order valence-corrected chi connectivity index (χ0v) is 16.5. The summed E-state index contributed by atoms with van der Waals surface area (Å²) < 4.78 is 11.2. The van der Waals surface area contributed by atoms with Crippen LogP contribution < -0.4 is 11.1 Å². The number of amides is 1. The van der Waals surface area contributed by atoms with E-state index < -0.39 is 5.76 Å². The summed E-state index contributed by atoms with van der Waals surface area (Å²) in [5.41, 5.74) is 2.27. The molecule has 0 bridgehead atoms. The number of rotatable bonds is 7. The lowest BCUT2D eigenvalue weighted by Gasteiger charge is -2.23. The fraction of sp³-hybridized carbons (Fsp3) is 0.381. The maximum absolute atomic E-state index is 12.5. The predicted molar refractivity (Wildman–Crippen MR) is 105 cm³/mol. The van der Waals surface area contributed by atoms with Gasteiger partial charge in [0.25, 0.3) is 5.89 Å². The van der Waals surface area contributed by atoms with Gasteiger partial charge in [0.05, 0.1) is 12.3 Å². The number of hydrogen-bond acceptors (Lipinski definition) is 5. The van der Waals surface area contributed by atoms with Gasteiger partial charge in [-0.1, -0.05) is 52.0 Å². The molecule has 2 heterocycles. The van der Waals surface area contributed by atoms with E-state index in [0.717, 1.165) is 10.2 Å². The topological polar surface area (TPSA) is 90.3 Å². The number of furan rings is 1. The molecule has 0 saturated heterocycles. The summed E-state index contributed by atoms with van der Waals surface area (Å²) in [5.74, 6) is -0.00361. The van der Waals surface area contributed by atoms with Crippen molar-refractivity contribution in [2.24, 2.45) is 5.92 Å². The molecule has 0 aliphatic rings. The van der Waals surface area contributed by atoms with Crippen molar-refractivity contribution >= 4 is 5.91 Å². The lowest BCUT2D eigenvalue weighted by atomic mass is 9.93. The lowest BCUT2D eigenvalue weighted by Crippen LogP contribution is -2.36. The molecule has 2 aromatic heterocycles. The largest absolute Gasteiger partial charge is 0.459 e. The van der Waals surface area contributed by atoms with Crippen LogP contribution in [0.3, 0.4) is 0 Å². The molecule has 0 spiro atoms. The molecular weight excluding hydrogens is 358 g/mol. The van der Waals surface area contributed by atoms with Crippen molar-refractivity contribution in [1.82, 2.24) is 15.1 Å². The summed E-state index contributed by atoms with van der Waals surface area (Å²) in [4.78, 5) is 24.5. The maximum atomic E-state index is 12.5. The van der Waals surface area contributed by atoms with E-state index in [1.807, 2.05) is 26.0 Å². The van der Waals surface area contributed by atoms with Gasteiger partial charge in [-0.2, -0.15) is 4.68 Å². The van der Waals surface area contributed by atoms with E-state index in [1.54, 1.807) is 12.1 Å². The van der Waals surface area contributed by atoms with Crippen molar-refractivity contribution in [2.45, 2.75) is 46.2 Å². The Morgan fingerprint density at radius 1 is 1.11 bits per heavy atom. The van der Waals surface area contributed by atoms with Gasteiger partial charge in [-0.15, -0.1) is 5.10 Å². The highest BCUT2D eigenvalue weighted by molar-refractivity contribution is 5.76. The Morgan fingerprint density at radius 3 is 2.36 bits per heavy atom. The molecule has 28 heavy (non-hydrogen) atoms. The van der Waals surface area contributed by atoms with Gasteiger partial charge in [-0.05, 0) is 35.1 Å². The van der Waals surface area contributed by atoms with E-state index in [1.165, 1.54) is 11.8 Å². The van der Waals surface area contributed by atoms with E-state index in [-0.39, 0.29) is 30.3 Å². The summed E-state index contributed by atoms with van der Waals surface area (Å²) in [7, 11) is 0. The van der Waals surface area contributed by atoms with Gasteiger partial charge in [0, 0.05) is 0 Å². The van der Waals surface area contributed by atoms with E-state index in [0.29, 0.717) is 11.7 Å². The Kier molecular flexibility index (Phi) is 5.82. The van der Waals surface area contributed by atoms with Crippen LogP contribution in [0.2, 0.25) is 0 Å². The number of carbonyl (C=O) groups is 1. The van der Waals surface area contributed by atoms with E-state index in [9.17, 15) is 9.59 Å². The van der Waals surface area contributed by atoms with Gasteiger partial charge >= 0.3 is 5.76 Å². The highest BCUT2D eigenvalue weighted by Gasteiger charge is 2.21. The van der Waals surface area contributed by atoms with Crippen LogP contribution >= 0.6 is 0 Å². The van der Waals surface area contributed by atoms with Gasteiger partial charge in [0.15, 0.2) is 5.76 Å². The third-order valence-corrected chi connectivity index (χ3v) is 4.58. The zero-order chi connectivity index (χ0) is 20.3. The summed E-state index contributed by atoms with van der Waals surface area (Å²) >= 11 is 0. The van der Waals surface area contributed by atoms with Gasteiger partial charge in [0.1, 0.15) is 6.54 Å². The minimum atomic E-state index is -0.705. The second-order valence-electron chi connectivity index (χ2n) is 7.42. The molecule has 0 aliphatic carbocycles. The molecule has 1 N–H and O–H groups in total. The summed E-state index contributed by atoms with van der Waals surface area (Å²) in [6, 6.07) is 11.4. The van der Waals surface area contributed by atoms with Crippen molar-refractivity contribution in [3.05, 3.63) is 64.3 Å². The molecule has 3 aromatic rings. The van der Waals surface area contributed by atoms with Crippen LogP contribution in [0.1, 0.15) is 50.8 Å². The second kappa shape index (κ2) is 8.29. The summed E-state index contributed by atoms with van der Waals surface area (Å²) in [6.07, 6.45) is 1.46. The van der Waals surface area contributed by atoms with Crippen molar-refractivity contribution < 1.29 is 13.6 Å². The van der Waals surface area contributed by atoms with Crippen LogP contribution in [0.25, 0.3) is 11.7 Å². The quantitative estimate of drug-likeness (QED) is 0.671. The first-order chi connectivity index (χ1) is 13.3. The summed E-state index contributed by atoms with van der Waals surface area (Å²) in [6.45, 7) is 8.14. The van der Waals surface area contributed by atoms with Crippen LogP contribution in [-0.2, 0) is 11.3 Å². The van der Waals surface area contributed by atoms with Crippen molar-refractivity contribution in [2.75, 3.05) is 0 Å². The Morgan fingerprint density at radius 2 is 1.79 bits per heavy atom. The molecule has 0 saturated carbocycles. The van der Waals surface area contributed by atoms with Crippen LogP contribution in [0.5, 0.6) is 0 Å². The SMILES string of the molecule is CC(C)c1ccc(C(NC(=O)Cn2nc(-c3ccco3)oc2=O)C(C)C)cc1. The minimum Gasteiger partial charge on any atom is -0.459 e. The van der Waals surface area contributed by atoms with Gasteiger partial charge < -0.3 is 14.2 Å². The van der Waals surface area contributed by atoms with Gasteiger partial charge in [-0.3, -0.25) is 4.79 Å². The number of aromatic nitrogens is 2. The molecule has 1 atom stereocenters. The average Bonchev–Trinajstić information content (AvgIpc) is 3.30. The van der Waals surface area contributed by atoms with Crippen LogP contribution in [0.4, 0.5) is 0 Å². The molecule has 0 fully saturated rings. The Hall–Kier alpha value is -3.09. The van der Waals surface area contributed by atoms with Crippen molar-refractivity contribution in [1.29, 1.82) is 0 Å². The third kappa shape index (κ3) is 4.42. The van der Waals surface area contributed by atoms with Gasteiger partial charge in [0.2, 0.25) is 5.91 Å². The molecule has 1 unspecified atom stereocenters. The molecular formula is C21H25N3O4. The molecule has 0 radical (unpaired) electrons. The summed E-state index contributed by atoms with van der Waals surface area (Å²) in [5, 5.41) is 7.03. The molecule has 7 heteroatoms. The number of nitrogens with one attached hydrogen (secondary N) is 1. The van der Waals surface area contributed by atoms with E-state index in [2.05, 4.69) is 36.4 Å². The zero-order valence-electron chi connectivity index (χ0n) is 16.5. The second-order valence-corrected chi connectivity index (χ2v) is 7.42. The maximum Gasteiger partial charge on any atom is 0.437 e. The van der Waals surface area contributed by atoms with E-state index >= 15 is 0 Å².